The molecular formula is C28H28FN3O2. The van der Waals surface area contributed by atoms with Crippen molar-refractivity contribution in [2.24, 2.45) is 0 Å². The number of anilines is 2. The van der Waals surface area contributed by atoms with E-state index in [9.17, 15) is 14.0 Å². The van der Waals surface area contributed by atoms with Gasteiger partial charge in [-0.05, 0) is 67.8 Å². The van der Waals surface area contributed by atoms with Gasteiger partial charge in [-0.1, -0.05) is 42.5 Å². The van der Waals surface area contributed by atoms with Crippen LogP contribution in [-0.4, -0.2) is 36.3 Å². The first-order chi connectivity index (χ1) is 16.5. The normalized spacial score (nSPS) is 13.6. The van der Waals surface area contributed by atoms with Crippen molar-refractivity contribution in [1.29, 1.82) is 0 Å². The Balaban J connectivity index is 1.63. The van der Waals surface area contributed by atoms with Gasteiger partial charge in [0.2, 0.25) is 0 Å². The van der Waals surface area contributed by atoms with E-state index in [0.717, 1.165) is 24.3 Å². The molecule has 4 rings (SSSR count). The predicted octanol–water partition coefficient (Wildman–Crippen LogP) is 5.11. The van der Waals surface area contributed by atoms with Crippen LogP contribution in [-0.2, 0) is 16.0 Å². The summed E-state index contributed by atoms with van der Waals surface area (Å²) in [5, 5.41) is 3.17. The molecule has 1 aliphatic heterocycles. The molecule has 6 heteroatoms. The minimum atomic E-state index is -0.399. The molecule has 1 N–H and O–H groups in total. The highest BCUT2D eigenvalue weighted by Crippen LogP contribution is 2.31. The summed E-state index contributed by atoms with van der Waals surface area (Å²) in [5.74, 6) is -1.16. The zero-order valence-corrected chi connectivity index (χ0v) is 19.4. The standard InChI is InChI=1S/C28H28FN3O2/c1-3-31(4-2)24-16-14-23(15-17-24)30-26-25(21-10-12-22(29)13-11-21)27(33)32(28(26)34)19-18-20-8-6-5-7-9-20/h5-17,30H,3-4,18-19H2,1-2H3. The quantitative estimate of drug-likeness (QED) is 0.454. The van der Waals surface area contributed by atoms with Gasteiger partial charge in [-0.2, -0.15) is 0 Å². The molecule has 1 heterocycles. The van der Waals surface area contributed by atoms with Crippen molar-refractivity contribution in [3.8, 4) is 0 Å². The number of hydrogen-bond donors (Lipinski definition) is 1. The van der Waals surface area contributed by atoms with Crippen LogP contribution in [0.25, 0.3) is 5.57 Å². The average molecular weight is 458 g/mol. The lowest BCUT2D eigenvalue weighted by Gasteiger charge is -2.21. The molecule has 3 aromatic rings. The van der Waals surface area contributed by atoms with E-state index in [-0.39, 0.29) is 29.6 Å². The highest BCUT2D eigenvalue weighted by atomic mass is 19.1. The summed E-state index contributed by atoms with van der Waals surface area (Å²) < 4.78 is 13.5. The molecule has 0 radical (unpaired) electrons. The van der Waals surface area contributed by atoms with Crippen LogP contribution in [0.1, 0.15) is 25.0 Å². The third kappa shape index (κ3) is 4.86. The minimum absolute atomic E-state index is 0.209. The Morgan fingerprint density at radius 1 is 0.824 bits per heavy atom. The highest BCUT2D eigenvalue weighted by Gasteiger charge is 2.39. The Kier molecular flexibility index (Phi) is 7.07. The summed E-state index contributed by atoms with van der Waals surface area (Å²) in [6.45, 7) is 6.25. The van der Waals surface area contributed by atoms with E-state index in [1.165, 1.54) is 29.2 Å². The fourth-order valence-corrected chi connectivity index (χ4v) is 4.15. The summed E-state index contributed by atoms with van der Waals surface area (Å²) in [5.41, 5.74) is 3.80. The van der Waals surface area contributed by atoms with E-state index >= 15 is 0 Å². The number of amides is 2. The lowest BCUT2D eigenvalue weighted by Crippen LogP contribution is -2.34. The molecular weight excluding hydrogens is 429 g/mol. The maximum atomic E-state index is 13.5. The minimum Gasteiger partial charge on any atom is -0.372 e. The average Bonchev–Trinajstić information content (AvgIpc) is 3.09. The first-order valence-electron chi connectivity index (χ1n) is 11.5. The Labute approximate surface area is 199 Å². The van der Waals surface area contributed by atoms with E-state index in [1.807, 2.05) is 54.6 Å². The summed E-state index contributed by atoms with van der Waals surface area (Å²) >= 11 is 0. The van der Waals surface area contributed by atoms with Gasteiger partial charge in [0.25, 0.3) is 11.8 Å². The van der Waals surface area contributed by atoms with E-state index in [1.54, 1.807) is 0 Å². The van der Waals surface area contributed by atoms with Gasteiger partial charge in [-0.25, -0.2) is 4.39 Å². The van der Waals surface area contributed by atoms with Crippen LogP contribution >= 0.6 is 0 Å². The van der Waals surface area contributed by atoms with Gasteiger partial charge >= 0.3 is 0 Å². The number of carbonyl (C=O) groups excluding carboxylic acids is 2. The summed E-state index contributed by atoms with van der Waals surface area (Å²) in [7, 11) is 0. The predicted molar refractivity (Wildman–Crippen MR) is 134 cm³/mol. The Morgan fingerprint density at radius 2 is 1.47 bits per heavy atom. The van der Waals surface area contributed by atoms with Crippen molar-refractivity contribution in [1.82, 2.24) is 4.90 Å². The van der Waals surface area contributed by atoms with Gasteiger partial charge in [0.05, 0.1) is 5.57 Å². The van der Waals surface area contributed by atoms with Crippen LogP contribution in [0.15, 0.2) is 84.6 Å². The largest absolute Gasteiger partial charge is 0.372 e. The summed E-state index contributed by atoms with van der Waals surface area (Å²) in [6.07, 6.45) is 0.556. The van der Waals surface area contributed by atoms with Gasteiger partial charge in [-0.15, -0.1) is 0 Å². The zero-order valence-electron chi connectivity index (χ0n) is 19.4. The third-order valence-corrected chi connectivity index (χ3v) is 6.03. The molecule has 0 aromatic heterocycles. The molecule has 2 amide bonds. The summed E-state index contributed by atoms with van der Waals surface area (Å²) in [6, 6.07) is 23.1. The number of rotatable bonds is 9. The van der Waals surface area contributed by atoms with Crippen LogP contribution in [0.4, 0.5) is 15.8 Å². The van der Waals surface area contributed by atoms with Gasteiger partial charge in [-0.3, -0.25) is 14.5 Å². The maximum Gasteiger partial charge on any atom is 0.278 e. The number of nitrogens with one attached hydrogen (secondary N) is 1. The molecule has 3 aromatic carbocycles. The van der Waals surface area contributed by atoms with Crippen LogP contribution in [0.2, 0.25) is 0 Å². The number of carbonyl (C=O) groups is 2. The van der Waals surface area contributed by atoms with Gasteiger partial charge < -0.3 is 10.2 Å². The smallest absolute Gasteiger partial charge is 0.278 e. The second kappa shape index (κ2) is 10.3. The Bertz CT molecular complexity index is 1180. The fraction of sp³-hybridized carbons (Fsp3) is 0.214. The highest BCUT2D eigenvalue weighted by molar-refractivity contribution is 6.36. The molecule has 0 fully saturated rings. The number of nitrogens with zero attached hydrogens (tertiary/aromatic N) is 2. The number of halogens is 1. The Hall–Kier alpha value is -3.93. The topological polar surface area (TPSA) is 52.7 Å². The molecule has 0 aliphatic carbocycles. The van der Waals surface area contributed by atoms with Crippen molar-refractivity contribution in [2.75, 3.05) is 29.9 Å². The maximum absolute atomic E-state index is 13.5. The van der Waals surface area contributed by atoms with E-state index in [2.05, 4.69) is 24.1 Å². The number of hydrogen-bond acceptors (Lipinski definition) is 4. The summed E-state index contributed by atoms with van der Waals surface area (Å²) in [4.78, 5) is 30.2. The number of benzene rings is 3. The molecule has 0 saturated carbocycles. The van der Waals surface area contributed by atoms with Crippen molar-refractivity contribution < 1.29 is 14.0 Å². The van der Waals surface area contributed by atoms with Gasteiger partial charge in [0, 0.05) is 31.0 Å². The molecule has 174 valence electrons. The lowest BCUT2D eigenvalue weighted by molar-refractivity contribution is -0.136. The number of imide groups is 1. The van der Waals surface area contributed by atoms with Crippen molar-refractivity contribution in [3.05, 3.63) is 102 Å². The molecule has 0 unspecified atom stereocenters. The van der Waals surface area contributed by atoms with Gasteiger partial charge in [0.1, 0.15) is 11.5 Å². The van der Waals surface area contributed by atoms with E-state index < -0.39 is 5.82 Å². The second-order valence-corrected chi connectivity index (χ2v) is 8.10. The molecule has 0 spiro atoms. The lowest BCUT2D eigenvalue weighted by atomic mass is 10.0. The van der Waals surface area contributed by atoms with Crippen molar-refractivity contribution in [3.63, 3.8) is 0 Å². The van der Waals surface area contributed by atoms with Crippen molar-refractivity contribution >= 4 is 28.8 Å². The monoisotopic (exact) mass is 457 g/mol. The molecule has 0 atom stereocenters. The first kappa shape index (κ1) is 23.2. The van der Waals surface area contributed by atoms with Crippen LogP contribution in [0.3, 0.4) is 0 Å². The molecule has 0 bridgehead atoms. The van der Waals surface area contributed by atoms with E-state index in [0.29, 0.717) is 17.7 Å². The molecule has 34 heavy (non-hydrogen) atoms. The molecule has 0 saturated heterocycles. The van der Waals surface area contributed by atoms with Crippen LogP contribution in [0.5, 0.6) is 0 Å². The van der Waals surface area contributed by atoms with Crippen LogP contribution in [0, 0.1) is 5.82 Å². The van der Waals surface area contributed by atoms with Crippen LogP contribution < -0.4 is 10.2 Å². The third-order valence-electron chi connectivity index (χ3n) is 6.03. The van der Waals surface area contributed by atoms with Gasteiger partial charge in [0.15, 0.2) is 0 Å². The van der Waals surface area contributed by atoms with E-state index in [4.69, 9.17) is 0 Å². The molecule has 5 nitrogen and oxygen atoms in total. The van der Waals surface area contributed by atoms with Crippen molar-refractivity contribution in [2.45, 2.75) is 20.3 Å². The second-order valence-electron chi connectivity index (χ2n) is 8.10. The fourth-order valence-electron chi connectivity index (χ4n) is 4.15. The SMILES string of the molecule is CCN(CC)c1ccc(NC2=C(c3ccc(F)cc3)C(=O)N(CCc3ccccc3)C2=O)cc1. The first-order valence-corrected chi connectivity index (χ1v) is 11.5. The Morgan fingerprint density at radius 3 is 2.09 bits per heavy atom. The zero-order chi connectivity index (χ0) is 24.1. The molecule has 1 aliphatic rings.